The zero-order valence-corrected chi connectivity index (χ0v) is 13.0. The number of anilines is 1. The minimum Gasteiger partial charge on any atom is -0.436 e. The van der Waals surface area contributed by atoms with Gasteiger partial charge in [-0.05, 0) is 29.3 Å². The summed E-state index contributed by atoms with van der Waals surface area (Å²) in [4.78, 5) is 4.47. The Labute approximate surface area is 140 Å². The number of nitrogens with zero attached hydrogens (tertiary/aromatic N) is 1. The first kappa shape index (κ1) is 14.3. The maximum Gasteiger partial charge on any atom is 0.227 e. The van der Waals surface area contributed by atoms with E-state index in [9.17, 15) is 0 Å². The van der Waals surface area contributed by atoms with E-state index in [1.807, 2.05) is 60.7 Å². The van der Waals surface area contributed by atoms with Crippen molar-refractivity contribution in [3.63, 3.8) is 0 Å². The Balaban J connectivity index is 1.79. The highest BCUT2D eigenvalue weighted by molar-refractivity contribution is 5.80. The molecule has 0 amide bonds. The molecule has 1 aromatic heterocycles. The Morgan fingerprint density at radius 3 is 2.21 bits per heavy atom. The fraction of sp³-hybridized carbons (Fsp3) is 0. The number of benzene rings is 3. The third-order valence-corrected chi connectivity index (χ3v) is 3.92. The van der Waals surface area contributed by atoms with Crippen LogP contribution in [-0.2, 0) is 0 Å². The van der Waals surface area contributed by atoms with E-state index in [4.69, 9.17) is 10.2 Å². The molecule has 0 aliphatic rings. The van der Waals surface area contributed by atoms with Gasteiger partial charge in [-0.15, -0.1) is 0 Å². The van der Waals surface area contributed by atoms with E-state index in [0.29, 0.717) is 17.3 Å². The first-order valence-electron chi connectivity index (χ1n) is 7.78. The molecule has 2 N–H and O–H groups in total. The van der Waals surface area contributed by atoms with Gasteiger partial charge in [-0.25, -0.2) is 4.98 Å². The topological polar surface area (TPSA) is 52.0 Å². The van der Waals surface area contributed by atoms with E-state index < -0.39 is 0 Å². The molecule has 0 fully saturated rings. The van der Waals surface area contributed by atoms with Crippen molar-refractivity contribution in [2.45, 2.75) is 0 Å². The maximum atomic E-state index is 6.01. The minimum atomic E-state index is 0.604. The predicted octanol–water partition coefficient (Wildman–Crippen LogP) is 5.26. The Morgan fingerprint density at radius 1 is 0.708 bits per heavy atom. The molecule has 0 bridgehead atoms. The summed E-state index contributed by atoms with van der Waals surface area (Å²) in [6, 6.07) is 26.0. The van der Waals surface area contributed by atoms with Crippen LogP contribution >= 0.6 is 0 Å². The minimum absolute atomic E-state index is 0.604. The number of oxazole rings is 1. The number of hydrogen-bond acceptors (Lipinski definition) is 3. The van der Waals surface area contributed by atoms with E-state index in [-0.39, 0.29) is 0 Å². The molecule has 0 atom stereocenters. The van der Waals surface area contributed by atoms with Crippen LogP contribution in [0.15, 0.2) is 89.5 Å². The first-order valence-corrected chi connectivity index (χ1v) is 7.78. The first-order chi connectivity index (χ1) is 11.8. The van der Waals surface area contributed by atoms with Gasteiger partial charge in [-0.1, -0.05) is 60.7 Å². The van der Waals surface area contributed by atoms with E-state index in [2.05, 4.69) is 23.2 Å². The lowest BCUT2D eigenvalue weighted by Crippen LogP contribution is -1.84. The highest BCUT2D eigenvalue weighted by Gasteiger charge is 2.13. The molecule has 0 spiro atoms. The molecule has 1 heterocycles. The second-order valence-electron chi connectivity index (χ2n) is 5.57. The van der Waals surface area contributed by atoms with Gasteiger partial charge in [0.25, 0.3) is 0 Å². The summed E-state index contributed by atoms with van der Waals surface area (Å²) in [5, 5.41) is 0. The number of hydrogen-bond donors (Lipinski definition) is 1. The van der Waals surface area contributed by atoms with Crippen molar-refractivity contribution < 1.29 is 4.42 Å². The van der Waals surface area contributed by atoms with Crippen LogP contribution in [0, 0.1) is 0 Å². The summed E-state index contributed by atoms with van der Waals surface area (Å²) in [6.45, 7) is 0. The maximum absolute atomic E-state index is 6.01. The van der Waals surface area contributed by atoms with Crippen LogP contribution < -0.4 is 5.73 Å². The van der Waals surface area contributed by atoms with Gasteiger partial charge < -0.3 is 10.2 Å². The molecule has 4 aromatic rings. The molecule has 0 aliphatic heterocycles. The predicted molar refractivity (Wildman–Crippen MR) is 97.2 cm³/mol. The fourth-order valence-corrected chi connectivity index (χ4v) is 2.76. The van der Waals surface area contributed by atoms with Gasteiger partial charge in [0.1, 0.15) is 0 Å². The monoisotopic (exact) mass is 312 g/mol. The van der Waals surface area contributed by atoms with Crippen molar-refractivity contribution in [3.05, 3.63) is 85.1 Å². The standard InChI is InChI=1S/C21H16N2O/c22-17-10-6-9-16(13-17)20-14-23-21(24-20)19-12-5-4-11-18(19)15-7-2-1-3-8-15/h1-14H,22H2. The van der Waals surface area contributed by atoms with Gasteiger partial charge >= 0.3 is 0 Å². The van der Waals surface area contributed by atoms with Crippen molar-refractivity contribution >= 4 is 5.69 Å². The fourth-order valence-electron chi connectivity index (χ4n) is 2.76. The Morgan fingerprint density at radius 2 is 1.42 bits per heavy atom. The van der Waals surface area contributed by atoms with Gasteiger partial charge in [-0.2, -0.15) is 0 Å². The van der Waals surface area contributed by atoms with Crippen molar-refractivity contribution in [1.29, 1.82) is 0 Å². The number of aromatic nitrogens is 1. The highest BCUT2D eigenvalue weighted by atomic mass is 16.4. The van der Waals surface area contributed by atoms with Crippen molar-refractivity contribution in [2.24, 2.45) is 0 Å². The second-order valence-corrected chi connectivity index (χ2v) is 5.57. The Kier molecular flexibility index (Phi) is 3.60. The normalized spacial score (nSPS) is 10.7. The molecule has 116 valence electrons. The molecule has 0 unspecified atom stereocenters. The smallest absolute Gasteiger partial charge is 0.227 e. The lowest BCUT2D eigenvalue weighted by Gasteiger charge is -2.06. The van der Waals surface area contributed by atoms with Crippen LogP contribution in [-0.4, -0.2) is 4.98 Å². The van der Waals surface area contributed by atoms with E-state index in [1.165, 1.54) is 0 Å². The zero-order valence-electron chi connectivity index (χ0n) is 13.0. The molecular weight excluding hydrogens is 296 g/mol. The SMILES string of the molecule is Nc1cccc(-c2cnc(-c3ccccc3-c3ccccc3)o2)c1. The molecule has 4 rings (SSSR count). The van der Waals surface area contributed by atoms with Gasteiger partial charge in [0.2, 0.25) is 5.89 Å². The summed E-state index contributed by atoms with van der Waals surface area (Å²) >= 11 is 0. The Bertz CT molecular complexity index is 974. The lowest BCUT2D eigenvalue weighted by molar-refractivity contribution is 0.589. The molecule has 0 aliphatic carbocycles. The van der Waals surface area contributed by atoms with Crippen molar-refractivity contribution in [2.75, 3.05) is 5.73 Å². The van der Waals surface area contributed by atoms with Crippen LogP contribution in [0.25, 0.3) is 33.9 Å². The summed E-state index contributed by atoms with van der Waals surface area (Å²) in [7, 11) is 0. The molecule has 3 nitrogen and oxygen atoms in total. The van der Waals surface area contributed by atoms with E-state index in [1.54, 1.807) is 6.20 Å². The molecular formula is C21H16N2O. The second kappa shape index (κ2) is 6.05. The van der Waals surface area contributed by atoms with Crippen LogP contribution in [0.1, 0.15) is 0 Å². The van der Waals surface area contributed by atoms with Gasteiger partial charge in [0, 0.05) is 16.8 Å². The highest BCUT2D eigenvalue weighted by Crippen LogP contribution is 2.33. The number of nitrogen functional groups attached to an aromatic ring is 1. The van der Waals surface area contributed by atoms with Crippen LogP contribution in [0.2, 0.25) is 0 Å². The van der Waals surface area contributed by atoms with E-state index >= 15 is 0 Å². The third-order valence-electron chi connectivity index (χ3n) is 3.92. The Hall–Kier alpha value is -3.33. The summed E-state index contributed by atoms with van der Waals surface area (Å²) in [5.74, 6) is 1.31. The van der Waals surface area contributed by atoms with Gasteiger partial charge in [0.15, 0.2) is 5.76 Å². The zero-order chi connectivity index (χ0) is 16.4. The van der Waals surface area contributed by atoms with Crippen molar-refractivity contribution in [1.82, 2.24) is 4.98 Å². The van der Waals surface area contributed by atoms with Gasteiger partial charge in [0.05, 0.1) is 6.20 Å². The quantitative estimate of drug-likeness (QED) is 0.525. The lowest BCUT2D eigenvalue weighted by atomic mass is 10.00. The number of nitrogens with two attached hydrogens (primary N) is 1. The average molecular weight is 312 g/mol. The molecule has 24 heavy (non-hydrogen) atoms. The molecule has 0 saturated heterocycles. The molecule has 0 radical (unpaired) electrons. The average Bonchev–Trinajstić information content (AvgIpc) is 3.12. The molecule has 3 heteroatoms. The summed E-state index contributed by atoms with van der Waals surface area (Å²) < 4.78 is 6.01. The number of rotatable bonds is 3. The van der Waals surface area contributed by atoms with Crippen LogP contribution in [0.5, 0.6) is 0 Å². The molecule has 0 saturated carbocycles. The molecule has 3 aromatic carbocycles. The van der Waals surface area contributed by atoms with Crippen LogP contribution in [0.3, 0.4) is 0 Å². The van der Waals surface area contributed by atoms with E-state index in [0.717, 1.165) is 22.3 Å². The van der Waals surface area contributed by atoms with Crippen LogP contribution in [0.4, 0.5) is 5.69 Å². The van der Waals surface area contributed by atoms with Gasteiger partial charge in [-0.3, -0.25) is 0 Å². The summed E-state index contributed by atoms with van der Waals surface area (Å²) in [5.41, 5.74) is 10.7. The van der Waals surface area contributed by atoms with Crippen molar-refractivity contribution in [3.8, 4) is 33.9 Å². The third kappa shape index (κ3) is 2.68. The summed E-state index contributed by atoms with van der Waals surface area (Å²) in [6.07, 6.45) is 1.74. The largest absolute Gasteiger partial charge is 0.436 e.